The summed E-state index contributed by atoms with van der Waals surface area (Å²) < 4.78 is 21.5. The molecule has 5 rings (SSSR count). The molecule has 1 aromatic heterocycles. The number of nitrogens with one attached hydrogen (secondary N) is 1. The lowest BCUT2D eigenvalue weighted by molar-refractivity contribution is 0.0526. The van der Waals surface area contributed by atoms with Crippen molar-refractivity contribution in [2.24, 2.45) is 0 Å². The van der Waals surface area contributed by atoms with Gasteiger partial charge in [-0.1, -0.05) is 0 Å². The molecule has 1 amide bonds. The van der Waals surface area contributed by atoms with Crippen LogP contribution in [0.3, 0.4) is 0 Å². The van der Waals surface area contributed by atoms with Crippen LogP contribution in [0, 0.1) is 0 Å². The van der Waals surface area contributed by atoms with Crippen LogP contribution >= 0.6 is 0 Å². The number of aromatic amines is 1. The van der Waals surface area contributed by atoms with E-state index in [2.05, 4.69) is 10.2 Å². The minimum Gasteiger partial charge on any atom is -0.497 e. The Morgan fingerprint density at radius 1 is 0.921 bits per heavy atom. The van der Waals surface area contributed by atoms with Crippen LogP contribution in [0.15, 0.2) is 66.7 Å². The lowest BCUT2D eigenvalue weighted by atomic mass is 9.95. The van der Waals surface area contributed by atoms with Gasteiger partial charge in [-0.2, -0.15) is 5.10 Å². The van der Waals surface area contributed by atoms with Crippen LogP contribution in [0.25, 0.3) is 11.3 Å². The molecule has 0 unspecified atom stereocenters. The summed E-state index contributed by atoms with van der Waals surface area (Å²) >= 11 is 0. The molecular weight excluding hydrogens is 486 g/mol. The van der Waals surface area contributed by atoms with E-state index in [1.807, 2.05) is 36.4 Å². The second kappa shape index (κ2) is 10.3. The maximum Gasteiger partial charge on any atom is 0.338 e. The first-order valence-electron chi connectivity index (χ1n) is 12.1. The summed E-state index contributed by atoms with van der Waals surface area (Å²) in [5.41, 5.74) is 4.34. The molecular formula is C29H27N3O6. The number of carbonyl (C=O) groups is 2. The van der Waals surface area contributed by atoms with E-state index >= 15 is 0 Å². The van der Waals surface area contributed by atoms with Gasteiger partial charge in [0, 0.05) is 28.4 Å². The van der Waals surface area contributed by atoms with Crippen molar-refractivity contribution in [3.8, 4) is 28.5 Å². The van der Waals surface area contributed by atoms with Crippen molar-refractivity contribution < 1.29 is 28.5 Å². The third-order valence-corrected chi connectivity index (χ3v) is 6.52. The molecule has 38 heavy (non-hydrogen) atoms. The summed E-state index contributed by atoms with van der Waals surface area (Å²) in [6.07, 6.45) is 0. The summed E-state index contributed by atoms with van der Waals surface area (Å²) in [6, 6.07) is 19.2. The smallest absolute Gasteiger partial charge is 0.338 e. The largest absolute Gasteiger partial charge is 0.497 e. The number of anilines is 1. The Bertz CT molecular complexity index is 1480. The zero-order chi connectivity index (χ0) is 26.8. The minimum atomic E-state index is -0.567. The second-order valence-corrected chi connectivity index (χ2v) is 8.54. The summed E-state index contributed by atoms with van der Waals surface area (Å²) in [5, 5.41) is 7.48. The first-order valence-corrected chi connectivity index (χ1v) is 12.1. The Kier molecular flexibility index (Phi) is 6.74. The maximum absolute atomic E-state index is 13.8. The summed E-state index contributed by atoms with van der Waals surface area (Å²) in [7, 11) is 4.77. The van der Waals surface area contributed by atoms with E-state index in [-0.39, 0.29) is 12.5 Å². The summed E-state index contributed by atoms with van der Waals surface area (Å²) in [6.45, 7) is 2.03. The number of esters is 1. The zero-order valence-electron chi connectivity index (χ0n) is 21.5. The summed E-state index contributed by atoms with van der Waals surface area (Å²) in [5.74, 6) is 1.23. The lowest BCUT2D eigenvalue weighted by Crippen LogP contribution is -2.29. The highest BCUT2D eigenvalue weighted by molar-refractivity contribution is 6.12. The fraction of sp³-hybridized carbons (Fsp3) is 0.207. The average molecular weight is 514 g/mol. The Morgan fingerprint density at radius 2 is 1.61 bits per heavy atom. The molecule has 0 saturated carbocycles. The fourth-order valence-electron chi connectivity index (χ4n) is 4.69. The van der Waals surface area contributed by atoms with Crippen molar-refractivity contribution in [1.29, 1.82) is 0 Å². The lowest BCUT2D eigenvalue weighted by Gasteiger charge is -2.28. The van der Waals surface area contributed by atoms with Gasteiger partial charge in [0.05, 0.1) is 45.2 Å². The van der Waals surface area contributed by atoms with E-state index in [0.29, 0.717) is 39.9 Å². The highest BCUT2D eigenvalue weighted by atomic mass is 16.5. The number of amides is 1. The van der Waals surface area contributed by atoms with Crippen LogP contribution in [-0.4, -0.2) is 50.0 Å². The number of H-pyrrole nitrogens is 1. The molecule has 1 aliphatic rings. The highest BCUT2D eigenvalue weighted by Gasteiger charge is 2.44. The van der Waals surface area contributed by atoms with Crippen molar-refractivity contribution in [2.45, 2.75) is 13.0 Å². The molecule has 1 atom stereocenters. The Morgan fingerprint density at radius 3 is 2.24 bits per heavy atom. The normalized spacial score (nSPS) is 14.3. The quantitative estimate of drug-likeness (QED) is 0.330. The van der Waals surface area contributed by atoms with Gasteiger partial charge >= 0.3 is 5.97 Å². The number of methoxy groups -OCH3 is 3. The number of ether oxygens (including phenoxy) is 4. The van der Waals surface area contributed by atoms with Gasteiger partial charge in [-0.3, -0.25) is 14.8 Å². The van der Waals surface area contributed by atoms with Crippen LogP contribution in [0.5, 0.6) is 17.2 Å². The van der Waals surface area contributed by atoms with E-state index in [4.69, 9.17) is 18.9 Å². The van der Waals surface area contributed by atoms with E-state index in [1.165, 1.54) is 0 Å². The van der Waals surface area contributed by atoms with Gasteiger partial charge < -0.3 is 18.9 Å². The van der Waals surface area contributed by atoms with Crippen LogP contribution in [0.2, 0.25) is 0 Å². The molecule has 194 valence electrons. The first kappa shape index (κ1) is 24.9. The van der Waals surface area contributed by atoms with E-state index in [1.54, 1.807) is 63.5 Å². The SMILES string of the molecule is CCOC(=O)c1ccc(N2C(=O)c3[nH]nc(-c4ccc(OC)cc4)c3[C@@H]2c2ccc(OC)cc2OC)cc1. The number of rotatable bonds is 8. The van der Waals surface area contributed by atoms with Gasteiger partial charge in [-0.15, -0.1) is 0 Å². The van der Waals surface area contributed by atoms with Gasteiger partial charge in [0.2, 0.25) is 0 Å². The van der Waals surface area contributed by atoms with Crippen molar-refractivity contribution in [2.75, 3.05) is 32.8 Å². The molecule has 0 spiro atoms. The van der Waals surface area contributed by atoms with Gasteiger partial charge in [0.1, 0.15) is 22.9 Å². The number of hydrogen-bond donors (Lipinski definition) is 1. The number of aromatic nitrogens is 2. The van der Waals surface area contributed by atoms with Gasteiger partial charge in [0.15, 0.2) is 0 Å². The Labute approximate surface area is 219 Å². The second-order valence-electron chi connectivity index (χ2n) is 8.54. The van der Waals surface area contributed by atoms with Crippen LogP contribution in [0.1, 0.15) is 44.9 Å². The molecule has 4 aromatic rings. The Balaban J connectivity index is 1.67. The van der Waals surface area contributed by atoms with E-state index in [9.17, 15) is 9.59 Å². The van der Waals surface area contributed by atoms with Crippen LogP contribution < -0.4 is 19.1 Å². The minimum absolute atomic E-state index is 0.251. The predicted octanol–water partition coefficient (Wildman–Crippen LogP) is 5.03. The van der Waals surface area contributed by atoms with E-state index in [0.717, 1.165) is 16.7 Å². The third kappa shape index (κ3) is 4.21. The standard InChI is InChI=1S/C29H27N3O6/c1-5-38-29(34)18-6-10-19(11-7-18)32-27(22-15-14-21(36-3)16-23(22)37-4)24-25(30-31-26(24)28(32)33)17-8-12-20(35-2)13-9-17/h6-16,27H,5H2,1-4H3,(H,30,31)/t27-/m0/s1. The highest BCUT2D eigenvalue weighted by Crippen LogP contribution is 2.48. The van der Waals surface area contributed by atoms with Crippen LogP contribution in [0.4, 0.5) is 5.69 Å². The molecule has 0 saturated heterocycles. The molecule has 1 aliphatic heterocycles. The number of nitrogens with zero attached hydrogens (tertiary/aromatic N) is 2. The van der Waals surface area contributed by atoms with Gasteiger partial charge in [-0.05, 0) is 67.6 Å². The van der Waals surface area contributed by atoms with Crippen molar-refractivity contribution in [1.82, 2.24) is 10.2 Å². The molecule has 0 radical (unpaired) electrons. The van der Waals surface area contributed by atoms with E-state index < -0.39 is 12.0 Å². The number of fused-ring (bicyclic) bond motifs is 1. The van der Waals surface area contributed by atoms with Crippen LogP contribution in [-0.2, 0) is 4.74 Å². The first-order chi connectivity index (χ1) is 18.5. The fourth-order valence-corrected chi connectivity index (χ4v) is 4.69. The van der Waals surface area contributed by atoms with Crippen molar-refractivity contribution in [3.05, 3.63) is 89.1 Å². The van der Waals surface area contributed by atoms with Crippen molar-refractivity contribution >= 4 is 17.6 Å². The molecule has 0 fully saturated rings. The number of carbonyl (C=O) groups excluding carboxylic acids is 2. The Hall–Kier alpha value is -4.79. The monoisotopic (exact) mass is 513 g/mol. The number of hydrogen-bond acceptors (Lipinski definition) is 7. The molecule has 0 aliphatic carbocycles. The summed E-state index contributed by atoms with van der Waals surface area (Å²) in [4.78, 5) is 27.7. The number of benzene rings is 3. The molecule has 9 nitrogen and oxygen atoms in total. The van der Waals surface area contributed by atoms with Gasteiger partial charge in [0.25, 0.3) is 5.91 Å². The third-order valence-electron chi connectivity index (χ3n) is 6.52. The topological polar surface area (TPSA) is 103 Å². The zero-order valence-corrected chi connectivity index (χ0v) is 21.5. The average Bonchev–Trinajstić information content (AvgIpc) is 3.51. The predicted molar refractivity (Wildman–Crippen MR) is 141 cm³/mol. The molecule has 1 N–H and O–H groups in total. The molecule has 3 aromatic carbocycles. The van der Waals surface area contributed by atoms with Gasteiger partial charge in [-0.25, -0.2) is 4.79 Å². The molecule has 0 bridgehead atoms. The van der Waals surface area contributed by atoms with Crippen molar-refractivity contribution in [3.63, 3.8) is 0 Å². The maximum atomic E-state index is 13.8. The molecule has 2 heterocycles. The molecule has 9 heteroatoms.